The minimum atomic E-state index is -0.0603. The molecule has 4 aromatic heterocycles. The second-order valence-electron chi connectivity index (χ2n) is 11.9. The van der Waals surface area contributed by atoms with Gasteiger partial charge in [0.15, 0.2) is 31.0 Å². The second-order valence-corrected chi connectivity index (χ2v) is 12.9. The van der Waals surface area contributed by atoms with Crippen LogP contribution in [0, 0.1) is 0 Å². The van der Waals surface area contributed by atoms with Crippen molar-refractivity contribution in [1.29, 1.82) is 0 Å². The van der Waals surface area contributed by atoms with Crippen molar-refractivity contribution >= 4 is 43.2 Å². The van der Waals surface area contributed by atoms with Crippen LogP contribution in [0.5, 0.6) is 0 Å². The molecule has 0 radical (unpaired) electrons. The van der Waals surface area contributed by atoms with Crippen LogP contribution in [0.15, 0.2) is 109 Å². The van der Waals surface area contributed by atoms with Crippen LogP contribution in [0.2, 0.25) is 0 Å². The summed E-state index contributed by atoms with van der Waals surface area (Å²) in [4.78, 5) is 6.70. The SMILES string of the molecule is CCC1(CC)c2c(sc3ccccc23)-c2c3ccccc3cc[n+]2C1C1C[n+]2ccccc2-c2nc3ccccc3n21. The summed E-state index contributed by atoms with van der Waals surface area (Å²) >= 11 is 1.97. The fraction of sp³-hybridized carbons (Fsp3) is 0.216. The number of hydrogen-bond donors (Lipinski definition) is 0. The molecule has 3 aromatic carbocycles. The Balaban J connectivity index is 1.43. The summed E-state index contributed by atoms with van der Waals surface area (Å²) < 4.78 is 9.07. The number of aromatic nitrogens is 4. The molecule has 6 heterocycles. The lowest BCUT2D eigenvalue weighted by Gasteiger charge is -2.44. The van der Waals surface area contributed by atoms with E-state index in [2.05, 4.69) is 137 Å². The van der Waals surface area contributed by atoms with Crippen molar-refractivity contribution in [3.8, 4) is 22.1 Å². The summed E-state index contributed by atoms with van der Waals surface area (Å²) in [5.74, 6) is 1.07. The number of rotatable bonds is 3. The molecule has 0 spiro atoms. The minimum Gasteiger partial charge on any atom is -0.303 e. The quantitative estimate of drug-likeness (QED) is 0.199. The largest absolute Gasteiger partial charge is 0.303 e. The van der Waals surface area contributed by atoms with E-state index in [1.165, 1.54) is 42.6 Å². The van der Waals surface area contributed by atoms with Crippen LogP contribution in [-0.4, -0.2) is 9.55 Å². The Kier molecular flexibility index (Phi) is 5.10. The molecule has 0 aliphatic carbocycles. The maximum absolute atomic E-state index is 5.26. The van der Waals surface area contributed by atoms with Crippen LogP contribution in [0.25, 0.3) is 54.0 Å². The van der Waals surface area contributed by atoms with Gasteiger partial charge in [-0.25, -0.2) is 4.98 Å². The van der Waals surface area contributed by atoms with Gasteiger partial charge in [0.25, 0.3) is 0 Å². The molecule has 2 aliphatic heterocycles. The van der Waals surface area contributed by atoms with Gasteiger partial charge in [0.2, 0.25) is 17.2 Å². The third-order valence-electron chi connectivity index (χ3n) is 10.2. The van der Waals surface area contributed by atoms with Crippen molar-refractivity contribution < 1.29 is 9.13 Å². The molecular weight excluding hydrogens is 533 g/mol. The molecule has 0 amide bonds. The first-order valence-corrected chi connectivity index (χ1v) is 16.0. The number of pyridine rings is 2. The topological polar surface area (TPSA) is 25.6 Å². The van der Waals surface area contributed by atoms with Gasteiger partial charge in [-0.1, -0.05) is 62.4 Å². The molecule has 0 saturated heterocycles. The van der Waals surface area contributed by atoms with Crippen molar-refractivity contribution in [2.24, 2.45) is 0 Å². The van der Waals surface area contributed by atoms with Crippen molar-refractivity contribution in [2.45, 2.75) is 50.7 Å². The predicted octanol–water partition coefficient (Wildman–Crippen LogP) is 8.18. The Bertz CT molecular complexity index is 2180. The zero-order chi connectivity index (χ0) is 28.0. The molecule has 0 bridgehead atoms. The molecule has 204 valence electrons. The van der Waals surface area contributed by atoms with E-state index >= 15 is 0 Å². The van der Waals surface area contributed by atoms with Crippen molar-refractivity contribution in [1.82, 2.24) is 9.55 Å². The molecule has 2 unspecified atom stereocenters. The second kappa shape index (κ2) is 8.83. The summed E-state index contributed by atoms with van der Waals surface area (Å²) in [6.07, 6.45) is 6.75. The van der Waals surface area contributed by atoms with Gasteiger partial charge in [0.05, 0.1) is 21.8 Å². The van der Waals surface area contributed by atoms with Crippen molar-refractivity contribution in [3.63, 3.8) is 0 Å². The minimum absolute atomic E-state index is 0.0603. The van der Waals surface area contributed by atoms with Gasteiger partial charge in [0.1, 0.15) is 4.88 Å². The van der Waals surface area contributed by atoms with Crippen molar-refractivity contribution in [3.05, 3.63) is 115 Å². The van der Waals surface area contributed by atoms with E-state index in [9.17, 15) is 0 Å². The van der Waals surface area contributed by atoms with Crippen LogP contribution < -0.4 is 9.13 Å². The summed E-state index contributed by atoms with van der Waals surface area (Å²) in [5, 5.41) is 4.05. The van der Waals surface area contributed by atoms with Gasteiger partial charge in [-0.2, -0.15) is 9.13 Å². The molecule has 2 atom stereocenters. The van der Waals surface area contributed by atoms with Gasteiger partial charge >= 0.3 is 0 Å². The molecule has 42 heavy (non-hydrogen) atoms. The Morgan fingerprint density at radius 2 is 1.60 bits per heavy atom. The molecule has 4 nitrogen and oxygen atoms in total. The maximum Gasteiger partial charge on any atom is 0.248 e. The fourth-order valence-corrected chi connectivity index (χ4v) is 9.70. The zero-order valence-electron chi connectivity index (χ0n) is 23.9. The lowest BCUT2D eigenvalue weighted by atomic mass is 9.64. The third kappa shape index (κ3) is 3.04. The van der Waals surface area contributed by atoms with Crippen LogP contribution in [0.4, 0.5) is 0 Å². The number of imidazole rings is 1. The number of hydrogen-bond acceptors (Lipinski definition) is 2. The highest BCUT2D eigenvalue weighted by molar-refractivity contribution is 7.22. The predicted molar refractivity (Wildman–Crippen MR) is 171 cm³/mol. The van der Waals surface area contributed by atoms with Gasteiger partial charge in [0, 0.05) is 22.9 Å². The lowest BCUT2D eigenvalue weighted by Crippen LogP contribution is -2.61. The van der Waals surface area contributed by atoms with E-state index in [1.807, 2.05) is 11.3 Å². The molecule has 0 N–H and O–H groups in total. The molecular formula is C37H32N4S+2. The monoisotopic (exact) mass is 564 g/mol. The standard InChI is InChI=1S/C37H32N4S/c1-3-37(4-2)32-26-15-7-10-19-31(26)42-34(32)33-25-14-6-5-13-24(25)20-22-40(33)35(37)30-23-39-21-12-11-18-29(39)36-38-27-16-8-9-17-28(27)41(30)36/h5-22,30,35H,3-4,23H2,1-2H3/q+2. The molecule has 0 saturated carbocycles. The smallest absolute Gasteiger partial charge is 0.248 e. The normalized spacial score (nSPS) is 18.5. The Morgan fingerprint density at radius 1 is 0.833 bits per heavy atom. The van der Waals surface area contributed by atoms with E-state index in [1.54, 1.807) is 5.56 Å². The average molecular weight is 565 g/mol. The van der Waals surface area contributed by atoms with Crippen LogP contribution >= 0.6 is 11.3 Å². The van der Waals surface area contributed by atoms with Crippen LogP contribution in [0.1, 0.15) is 44.3 Å². The van der Waals surface area contributed by atoms with Crippen molar-refractivity contribution in [2.75, 3.05) is 0 Å². The van der Waals surface area contributed by atoms with E-state index in [0.29, 0.717) is 0 Å². The van der Waals surface area contributed by atoms with Gasteiger partial charge in [-0.05, 0) is 59.5 Å². The first-order chi connectivity index (χ1) is 20.7. The highest BCUT2D eigenvalue weighted by Gasteiger charge is 2.58. The van der Waals surface area contributed by atoms with Gasteiger partial charge in [-0.15, -0.1) is 11.3 Å². The van der Waals surface area contributed by atoms with E-state index < -0.39 is 0 Å². The number of nitrogens with zero attached hydrogens (tertiary/aromatic N) is 4. The zero-order valence-corrected chi connectivity index (χ0v) is 24.7. The molecule has 9 rings (SSSR count). The number of fused-ring (bicyclic) bond motifs is 12. The molecule has 7 aromatic rings. The summed E-state index contributed by atoms with van der Waals surface area (Å²) in [7, 11) is 0. The highest BCUT2D eigenvalue weighted by atomic mass is 32.1. The average Bonchev–Trinajstić information content (AvgIpc) is 3.63. The first-order valence-electron chi connectivity index (χ1n) is 15.1. The molecule has 5 heteroatoms. The van der Waals surface area contributed by atoms with E-state index in [0.717, 1.165) is 30.7 Å². The van der Waals surface area contributed by atoms with Gasteiger partial charge in [-0.3, -0.25) is 0 Å². The van der Waals surface area contributed by atoms with E-state index in [-0.39, 0.29) is 17.5 Å². The number of benzene rings is 3. The fourth-order valence-electron chi connectivity index (χ4n) is 8.32. The molecule has 2 aliphatic rings. The summed E-state index contributed by atoms with van der Waals surface area (Å²) in [5.41, 5.74) is 6.32. The Morgan fingerprint density at radius 3 is 2.48 bits per heavy atom. The summed E-state index contributed by atoms with van der Waals surface area (Å²) in [6, 6.07) is 35.9. The Labute approximate surface area is 249 Å². The lowest BCUT2D eigenvalue weighted by molar-refractivity contribution is -0.752. The van der Waals surface area contributed by atoms with Gasteiger partial charge < -0.3 is 4.57 Å². The summed E-state index contributed by atoms with van der Waals surface area (Å²) in [6.45, 7) is 5.72. The highest BCUT2D eigenvalue weighted by Crippen LogP contribution is 2.57. The number of thiophene rings is 1. The molecule has 0 fully saturated rings. The Hall–Kier alpha value is -4.35. The third-order valence-corrected chi connectivity index (χ3v) is 11.3. The first kappa shape index (κ1) is 24.3. The van der Waals surface area contributed by atoms with Crippen LogP contribution in [0.3, 0.4) is 0 Å². The van der Waals surface area contributed by atoms with E-state index in [4.69, 9.17) is 4.98 Å². The number of para-hydroxylation sites is 2. The maximum atomic E-state index is 5.26. The van der Waals surface area contributed by atoms with Crippen LogP contribution in [-0.2, 0) is 12.0 Å².